The van der Waals surface area contributed by atoms with Gasteiger partial charge in [0.1, 0.15) is 18.3 Å². The van der Waals surface area contributed by atoms with Gasteiger partial charge in [0.25, 0.3) is 5.56 Å². The summed E-state index contributed by atoms with van der Waals surface area (Å²) in [6.07, 6.45) is 2.82. The van der Waals surface area contributed by atoms with Crippen LogP contribution in [0.25, 0.3) is 16.7 Å². The van der Waals surface area contributed by atoms with Gasteiger partial charge in [0.05, 0.1) is 11.9 Å². The maximum atomic E-state index is 12.9. The fraction of sp³-hybridized carbons (Fsp3) is 0.174. The van der Waals surface area contributed by atoms with Gasteiger partial charge in [-0.3, -0.25) is 19.0 Å². The van der Waals surface area contributed by atoms with Crippen molar-refractivity contribution in [2.45, 2.75) is 27.3 Å². The Balaban J connectivity index is 1.58. The number of aromatic nitrogens is 4. The summed E-state index contributed by atoms with van der Waals surface area (Å²) in [4.78, 5) is 41.0. The highest BCUT2D eigenvalue weighted by Gasteiger charge is 2.15. The molecule has 2 amide bonds. The lowest BCUT2D eigenvalue weighted by Gasteiger charge is -2.10. The number of carbonyl (C=O) groups is 2. The normalized spacial score (nSPS) is 10.8. The predicted molar refractivity (Wildman–Crippen MR) is 122 cm³/mol. The minimum atomic E-state index is -0.393. The lowest BCUT2D eigenvalue weighted by atomic mass is 10.1. The second kappa shape index (κ2) is 8.46. The Morgan fingerprint density at radius 3 is 2.50 bits per heavy atom. The van der Waals surface area contributed by atoms with Crippen molar-refractivity contribution < 1.29 is 9.59 Å². The van der Waals surface area contributed by atoms with E-state index in [0.717, 1.165) is 16.8 Å². The Morgan fingerprint density at radius 1 is 1.03 bits per heavy atom. The molecule has 9 heteroatoms. The molecule has 0 atom stereocenters. The number of hydrogen-bond donors (Lipinski definition) is 2. The molecule has 0 aliphatic carbocycles. The minimum Gasteiger partial charge on any atom is -0.326 e. The van der Waals surface area contributed by atoms with Crippen LogP contribution in [0.2, 0.25) is 0 Å². The van der Waals surface area contributed by atoms with Crippen LogP contribution in [-0.2, 0) is 16.1 Å². The molecular formula is C23H22N6O3. The van der Waals surface area contributed by atoms with E-state index in [1.165, 1.54) is 24.0 Å². The zero-order chi connectivity index (χ0) is 22.8. The molecule has 0 aliphatic rings. The summed E-state index contributed by atoms with van der Waals surface area (Å²) in [6.45, 7) is 5.20. The number of hydrogen-bond acceptors (Lipinski definition) is 5. The number of anilines is 2. The van der Waals surface area contributed by atoms with Crippen LogP contribution in [0.5, 0.6) is 0 Å². The first-order valence-electron chi connectivity index (χ1n) is 10.0. The summed E-state index contributed by atoms with van der Waals surface area (Å²) in [6, 6.07) is 12.6. The molecule has 2 heterocycles. The third-order valence-corrected chi connectivity index (χ3v) is 5.14. The maximum absolute atomic E-state index is 12.9. The van der Waals surface area contributed by atoms with Crippen molar-refractivity contribution in [1.29, 1.82) is 0 Å². The van der Waals surface area contributed by atoms with E-state index < -0.39 is 5.91 Å². The van der Waals surface area contributed by atoms with Crippen molar-refractivity contribution in [3.8, 4) is 5.69 Å². The molecule has 4 rings (SSSR count). The van der Waals surface area contributed by atoms with Gasteiger partial charge in [-0.1, -0.05) is 18.2 Å². The lowest BCUT2D eigenvalue weighted by Crippen LogP contribution is -2.27. The summed E-state index contributed by atoms with van der Waals surface area (Å²) in [5.41, 5.74) is 4.15. The van der Waals surface area contributed by atoms with Crippen molar-refractivity contribution in [2.24, 2.45) is 0 Å². The Bertz CT molecular complexity index is 1400. The van der Waals surface area contributed by atoms with E-state index in [-0.39, 0.29) is 18.0 Å². The quantitative estimate of drug-likeness (QED) is 0.506. The second-order valence-corrected chi connectivity index (χ2v) is 7.50. The van der Waals surface area contributed by atoms with Crippen LogP contribution in [0.1, 0.15) is 18.1 Å². The largest absolute Gasteiger partial charge is 0.326 e. The molecule has 2 aromatic heterocycles. The number of carbonyl (C=O) groups excluding carboxylic acids is 2. The van der Waals surface area contributed by atoms with E-state index in [4.69, 9.17) is 0 Å². The van der Waals surface area contributed by atoms with Gasteiger partial charge in [0.15, 0.2) is 5.65 Å². The van der Waals surface area contributed by atoms with Gasteiger partial charge in [0, 0.05) is 18.3 Å². The van der Waals surface area contributed by atoms with Crippen molar-refractivity contribution in [3.05, 3.63) is 76.5 Å². The van der Waals surface area contributed by atoms with Gasteiger partial charge in [-0.15, -0.1) is 0 Å². The van der Waals surface area contributed by atoms with Gasteiger partial charge in [0.2, 0.25) is 11.8 Å². The van der Waals surface area contributed by atoms with E-state index >= 15 is 0 Å². The van der Waals surface area contributed by atoms with Gasteiger partial charge in [-0.2, -0.15) is 5.10 Å². The lowest BCUT2D eigenvalue weighted by molar-refractivity contribution is -0.117. The van der Waals surface area contributed by atoms with Crippen LogP contribution in [0.3, 0.4) is 0 Å². The fourth-order valence-electron chi connectivity index (χ4n) is 3.44. The monoisotopic (exact) mass is 430 g/mol. The smallest absolute Gasteiger partial charge is 0.264 e. The topological polar surface area (TPSA) is 111 Å². The molecule has 0 saturated heterocycles. The van der Waals surface area contributed by atoms with Crippen molar-refractivity contribution >= 4 is 34.2 Å². The molecule has 0 fully saturated rings. The highest BCUT2D eigenvalue weighted by molar-refractivity contribution is 5.93. The summed E-state index contributed by atoms with van der Waals surface area (Å²) in [5.74, 6) is -0.601. The zero-order valence-electron chi connectivity index (χ0n) is 17.9. The van der Waals surface area contributed by atoms with Crippen molar-refractivity contribution in [2.75, 3.05) is 10.6 Å². The molecule has 0 unspecified atom stereocenters. The Kier molecular flexibility index (Phi) is 5.55. The van der Waals surface area contributed by atoms with Crippen LogP contribution < -0.4 is 16.2 Å². The summed E-state index contributed by atoms with van der Waals surface area (Å²) >= 11 is 0. The molecule has 0 radical (unpaired) electrons. The number of rotatable bonds is 5. The minimum absolute atomic E-state index is 0.208. The number of nitrogens with zero attached hydrogens (tertiary/aromatic N) is 4. The van der Waals surface area contributed by atoms with E-state index in [9.17, 15) is 14.4 Å². The zero-order valence-corrected chi connectivity index (χ0v) is 17.9. The molecule has 0 saturated carbocycles. The SMILES string of the molecule is CC(=O)Nc1cccc(NC(=O)Cn2cnc3c(cnn3-c3cccc(C)c3C)c2=O)c1. The van der Waals surface area contributed by atoms with Crippen molar-refractivity contribution in [1.82, 2.24) is 19.3 Å². The van der Waals surface area contributed by atoms with E-state index in [2.05, 4.69) is 20.7 Å². The Labute approximate surface area is 183 Å². The molecule has 0 aliphatic heterocycles. The van der Waals surface area contributed by atoms with Crippen LogP contribution in [0.4, 0.5) is 11.4 Å². The average molecular weight is 430 g/mol. The molecule has 9 nitrogen and oxygen atoms in total. The number of amides is 2. The number of benzene rings is 2. The first-order valence-corrected chi connectivity index (χ1v) is 10.0. The maximum Gasteiger partial charge on any atom is 0.264 e. The third-order valence-electron chi connectivity index (χ3n) is 5.14. The van der Waals surface area contributed by atoms with Crippen LogP contribution in [0.15, 0.2) is 59.8 Å². The first-order chi connectivity index (χ1) is 15.3. The van der Waals surface area contributed by atoms with E-state index in [1.54, 1.807) is 28.9 Å². The highest BCUT2D eigenvalue weighted by Crippen LogP contribution is 2.20. The number of nitrogens with one attached hydrogen (secondary N) is 2. The van der Waals surface area contributed by atoms with E-state index in [1.807, 2.05) is 32.0 Å². The second-order valence-electron chi connectivity index (χ2n) is 7.50. The van der Waals surface area contributed by atoms with E-state index in [0.29, 0.717) is 22.4 Å². The molecule has 2 N–H and O–H groups in total. The summed E-state index contributed by atoms with van der Waals surface area (Å²) in [7, 11) is 0. The third kappa shape index (κ3) is 4.13. The van der Waals surface area contributed by atoms with Crippen molar-refractivity contribution in [3.63, 3.8) is 0 Å². The number of fused-ring (bicyclic) bond motifs is 1. The molecular weight excluding hydrogens is 408 g/mol. The molecule has 2 aromatic carbocycles. The molecule has 4 aromatic rings. The van der Waals surface area contributed by atoms with Gasteiger partial charge in [-0.25, -0.2) is 9.67 Å². The Morgan fingerprint density at radius 2 is 1.75 bits per heavy atom. The number of aryl methyl sites for hydroxylation is 1. The molecule has 0 spiro atoms. The predicted octanol–water partition coefficient (Wildman–Crippen LogP) is 2.80. The van der Waals surface area contributed by atoms with Crippen LogP contribution >= 0.6 is 0 Å². The summed E-state index contributed by atoms with van der Waals surface area (Å²) in [5, 5.41) is 10.1. The molecule has 162 valence electrons. The van der Waals surface area contributed by atoms with Crippen LogP contribution in [-0.4, -0.2) is 31.1 Å². The summed E-state index contributed by atoms with van der Waals surface area (Å²) < 4.78 is 2.88. The van der Waals surface area contributed by atoms with Gasteiger partial charge >= 0.3 is 0 Å². The molecule has 32 heavy (non-hydrogen) atoms. The van der Waals surface area contributed by atoms with Gasteiger partial charge < -0.3 is 10.6 Å². The fourth-order valence-corrected chi connectivity index (χ4v) is 3.44. The van der Waals surface area contributed by atoms with Crippen LogP contribution in [0, 0.1) is 13.8 Å². The first kappa shape index (κ1) is 21.0. The standard InChI is InChI=1S/C23H22N6O3/c1-14-6-4-9-20(15(14)2)29-22-19(11-25-29)23(32)28(13-24-22)12-21(31)27-18-8-5-7-17(10-18)26-16(3)30/h4-11,13H,12H2,1-3H3,(H,26,30)(H,27,31). The Hall–Kier alpha value is -4.27. The highest BCUT2D eigenvalue weighted by atomic mass is 16.2. The molecule has 0 bridgehead atoms. The average Bonchev–Trinajstić information content (AvgIpc) is 3.16. The van der Waals surface area contributed by atoms with Gasteiger partial charge in [-0.05, 0) is 49.2 Å².